The lowest BCUT2D eigenvalue weighted by Gasteiger charge is -2.47. The maximum absolute atomic E-state index is 6.08. The van der Waals surface area contributed by atoms with Gasteiger partial charge in [0.25, 0.3) is 0 Å². The number of ether oxygens (including phenoxy) is 1. The highest BCUT2D eigenvalue weighted by Gasteiger charge is 2.50. The molecule has 4 rings (SSSR count). The highest BCUT2D eigenvalue weighted by molar-refractivity contribution is 8.01. The Hall–Kier alpha value is -1.66. The van der Waals surface area contributed by atoms with Crippen molar-refractivity contribution in [2.45, 2.75) is 30.8 Å². The van der Waals surface area contributed by atoms with Gasteiger partial charge in [-0.3, -0.25) is 4.98 Å². The first-order valence-corrected chi connectivity index (χ1v) is 8.91. The molecule has 23 heavy (non-hydrogen) atoms. The van der Waals surface area contributed by atoms with Gasteiger partial charge in [0.1, 0.15) is 0 Å². The SMILES string of the molecule is Cc1cccc(CO[C@H]2CSC3(C2)CN(c2ncccn2)C3)n1. The molecule has 0 aromatic carbocycles. The number of hydrogen-bond acceptors (Lipinski definition) is 6. The molecule has 2 aliphatic rings. The summed E-state index contributed by atoms with van der Waals surface area (Å²) in [6.07, 6.45) is 5.03. The molecule has 2 saturated heterocycles. The Morgan fingerprint density at radius 3 is 2.87 bits per heavy atom. The van der Waals surface area contributed by atoms with Crippen LogP contribution in [0.4, 0.5) is 5.95 Å². The van der Waals surface area contributed by atoms with Crippen LogP contribution in [0.2, 0.25) is 0 Å². The summed E-state index contributed by atoms with van der Waals surface area (Å²) in [5.74, 6) is 1.90. The van der Waals surface area contributed by atoms with Crippen molar-refractivity contribution >= 4 is 17.7 Å². The molecule has 2 fully saturated rings. The second-order valence-electron chi connectivity index (χ2n) is 6.31. The van der Waals surface area contributed by atoms with Gasteiger partial charge in [-0.15, -0.1) is 11.8 Å². The van der Waals surface area contributed by atoms with E-state index in [2.05, 4.69) is 19.9 Å². The van der Waals surface area contributed by atoms with Gasteiger partial charge in [0.2, 0.25) is 5.95 Å². The molecule has 0 saturated carbocycles. The predicted molar refractivity (Wildman–Crippen MR) is 91.6 cm³/mol. The number of anilines is 1. The Morgan fingerprint density at radius 1 is 1.26 bits per heavy atom. The zero-order valence-corrected chi connectivity index (χ0v) is 14.0. The Balaban J connectivity index is 1.29. The van der Waals surface area contributed by atoms with Gasteiger partial charge in [-0.1, -0.05) is 6.07 Å². The summed E-state index contributed by atoms with van der Waals surface area (Å²) in [6, 6.07) is 7.93. The molecule has 6 heteroatoms. The van der Waals surface area contributed by atoms with E-state index in [0.29, 0.717) is 17.5 Å². The Labute approximate surface area is 140 Å². The number of hydrogen-bond donors (Lipinski definition) is 0. The lowest BCUT2D eigenvalue weighted by Crippen LogP contribution is -2.59. The quantitative estimate of drug-likeness (QED) is 0.859. The highest BCUT2D eigenvalue weighted by atomic mass is 32.2. The highest BCUT2D eigenvalue weighted by Crippen LogP contribution is 2.46. The van der Waals surface area contributed by atoms with Crippen molar-refractivity contribution in [3.05, 3.63) is 48.0 Å². The fourth-order valence-corrected chi connectivity index (χ4v) is 4.81. The van der Waals surface area contributed by atoms with Crippen LogP contribution < -0.4 is 4.90 Å². The van der Waals surface area contributed by atoms with E-state index in [0.717, 1.165) is 42.6 Å². The minimum absolute atomic E-state index is 0.321. The second-order valence-corrected chi connectivity index (χ2v) is 7.79. The van der Waals surface area contributed by atoms with E-state index in [9.17, 15) is 0 Å². The molecule has 2 aromatic heterocycles. The van der Waals surface area contributed by atoms with E-state index < -0.39 is 0 Å². The fourth-order valence-electron chi connectivity index (χ4n) is 3.26. The van der Waals surface area contributed by atoms with Gasteiger partial charge in [0, 0.05) is 36.9 Å². The first-order chi connectivity index (χ1) is 11.2. The van der Waals surface area contributed by atoms with Gasteiger partial charge in [0.05, 0.1) is 23.2 Å². The van der Waals surface area contributed by atoms with E-state index in [4.69, 9.17) is 4.74 Å². The van der Waals surface area contributed by atoms with Gasteiger partial charge in [-0.05, 0) is 31.5 Å². The summed E-state index contributed by atoms with van der Waals surface area (Å²) in [4.78, 5) is 15.4. The van der Waals surface area contributed by atoms with Crippen LogP contribution in [0, 0.1) is 6.92 Å². The van der Waals surface area contributed by atoms with Gasteiger partial charge < -0.3 is 9.64 Å². The molecule has 2 aromatic rings. The average molecular weight is 328 g/mol. The predicted octanol–water partition coefficient (Wildman–Crippen LogP) is 2.46. The van der Waals surface area contributed by atoms with Gasteiger partial charge in [0.15, 0.2) is 0 Å². The van der Waals surface area contributed by atoms with Crippen LogP contribution in [0.5, 0.6) is 0 Å². The van der Waals surface area contributed by atoms with Crippen molar-refractivity contribution in [1.82, 2.24) is 15.0 Å². The van der Waals surface area contributed by atoms with Crippen molar-refractivity contribution in [2.75, 3.05) is 23.7 Å². The number of nitrogens with zero attached hydrogens (tertiary/aromatic N) is 4. The smallest absolute Gasteiger partial charge is 0.225 e. The Morgan fingerprint density at radius 2 is 2.09 bits per heavy atom. The van der Waals surface area contributed by atoms with E-state index in [1.807, 2.05) is 43.0 Å². The maximum atomic E-state index is 6.08. The molecule has 0 unspecified atom stereocenters. The van der Waals surface area contributed by atoms with Crippen molar-refractivity contribution in [3.8, 4) is 0 Å². The maximum Gasteiger partial charge on any atom is 0.225 e. The van der Waals surface area contributed by atoms with Gasteiger partial charge in [-0.25, -0.2) is 9.97 Å². The minimum atomic E-state index is 0.321. The molecule has 0 bridgehead atoms. The molecule has 1 spiro atoms. The summed E-state index contributed by atoms with van der Waals surface area (Å²) >= 11 is 2.03. The van der Waals surface area contributed by atoms with Crippen LogP contribution in [-0.4, -0.2) is 44.6 Å². The molecule has 0 radical (unpaired) electrons. The van der Waals surface area contributed by atoms with Gasteiger partial charge in [-0.2, -0.15) is 0 Å². The standard InChI is InChI=1S/C17H20N4OS/c1-13-4-2-5-14(20-13)9-22-15-8-17(23-10-15)11-21(12-17)16-18-6-3-7-19-16/h2-7,15H,8-12H2,1H3/t15-/m1/s1. The van der Waals surface area contributed by atoms with E-state index >= 15 is 0 Å². The van der Waals surface area contributed by atoms with Crippen molar-refractivity contribution in [3.63, 3.8) is 0 Å². The molecule has 120 valence electrons. The van der Waals surface area contributed by atoms with Crippen LogP contribution in [0.25, 0.3) is 0 Å². The first-order valence-electron chi connectivity index (χ1n) is 7.93. The third kappa shape index (κ3) is 3.19. The minimum Gasteiger partial charge on any atom is -0.371 e. The molecule has 5 nitrogen and oxygen atoms in total. The normalized spacial score (nSPS) is 22.3. The number of aromatic nitrogens is 3. The third-order valence-corrected chi connectivity index (χ3v) is 5.96. The van der Waals surface area contributed by atoms with Crippen LogP contribution in [-0.2, 0) is 11.3 Å². The molecule has 2 aliphatic heterocycles. The van der Waals surface area contributed by atoms with E-state index in [1.54, 1.807) is 12.4 Å². The van der Waals surface area contributed by atoms with Crippen molar-refractivity contribution in [2.24, 2.45) is 0 Å². The zero-order valence-electron chi connectivity index (χ0n) is 13.2. The summed E-state index contributed by atoms with van der Waals surface area (Å²) in [5.41, 5.74) is 2.06. The number of rotatable bonds is 4. The van der Waals surface area contributed by atoms with Crippen molar-refractivity contribution in [1.29, 1.82) is 0 Å². The lowest BCUT2D eigenvalue weighted by atomic mass is 9.93. The third-order valence-electron chi connectivity index (χ3n) is 4.38. The summed E-state index contributed by atoms with van der Waals surface area (Å²) in [7, 11) is 0. The summed E-state index contributed by atoms with van der Waals surface area (Å²) < 4.78 is 6.41. The van der Waals surface area contributed by atoms with Crippen LogP contribution in [0.3, 0.4) is 0 Å². The zero-order chi connectivity index (χ0) is 15.7. The molecular weight excluding hydrogens is 308 g/mol. The average Bonchev–Trinajstić information content (AvgIpc) is 2.97. The van der Waals surface area contributed by atoms with E-state index in [-0.39, 0.29) is 0 Å². The fraction of sp³-hybridized carbons (Fsp3) is 0.471. The number of aryl methyl sites for hydroxylation is 1. The summed E-state index contributed by atoms with van der Waals surface area (Å²) in [5, 5.41) is 0. The Kier molecular flexibility index (Phi) is 3.95. The monoisotopic (exact) mass is 328 g/mol. The van der Waals surface area contributed by atoms with Crippen LogP contribution in [0.1, 0.15) is 17.8 Å². The van der Waals surface area contributed by atoms with Crippen LogP contribution >= 0.6 is 11.8 Å². The van der Waals surface area contributed by atoms with Gasteiger partial charge >= 0.3 is 0 Å². The second kappa shape index (κ2) is 6.09. The molecule has 4 heterocycles. The lowest BCUT2D eigenvalue weighted by molar-refractivity contribution is 0.0458. The topological polar surface area (TPSA) is 51.1 Å². The number of pyridine rings is 1. The molecule has 0 aliphatic carbocycles. The number of thioether (sulfide) groups is 1. The first kappa shape index (κ1) is 14.9. The molecule has 0 N–H and O–H groups in total. The largest absolute Gasteiger partial charge is 0.371 e. The molecule has 0 amide bonds. The summed E-state index contributed by atoms with van der Waals surface area (Å²) in [6.45, 7) is 4.65. The van der Waals surface area contributed by atoms with Crippen LogP contribution in [0.15, 0.2) is 36.7 Å². The molecule has 1 atom stereocenters. The Bertz CT molecular complexity index is 675. The van der Waals surface area contributed by atoms with Crippen molar-refractivity contribution < 1.29 is 4.74 Å². The molecular formula is C17H20N4OS. The van der Waals surface area contributed by atoms with E-state index in [1.165, 1.54) is 0 Å².